The summed E-state index contributed by atoms with van der Waals surface area (Å²) in [6, 6.07) is 14.3. The van der Waals surface area contributed by atoms with Crippen molar-refractivity contribution in [1.29, 1.82) is 0 Å². The lowest BCUT2D eigenvalue weighted by molar-refractivity contribution is -0.135. The van der Waals surface area contributed by atoms with Crippen molar-refractivity contribution in [2.45, 2.75) is 57.7 Å². The van der Waals surface area contributed by atoms with Gasteiger partial charge in [0.2, 0.25) is 5.91 Å². The zero-order valence-electron chi connectivity index (χ0n) is 33.6. The highest BCUT2D eigenvalue weighted by atomic mass is 35.5. The van der Waals surface area contributed by atoms with Gasteiger partial charge in [-0.3, -0.25) is 4.79 Å². The molecule has 3 aliphatic rings. The molecule has 3 fully saturated rings. The van der Waals surface area contributed by atoms with E-state index in [0.29, 0.717) is 6.54 Å². The van der Waals surface area contributed by atoms with Crippen molar-refractivity contribution in [2.24, 2.45) is 5.92 Å². The van der Waals surface area contributed by atoms with Gasteiger partial charge >= 0.3 is 6.09 Å². The number of carbonyl (C=O) groups excluding carboxylic acids is 2. The van der Waals surface area contributed by atoms with Crippen molar-refractivity contribution >= 4 is 79.7 Å². The maximum absolute atomic E-state index is 13.7. The summed E-state index contributed by atoms with van der Waals surface area (Å²) in [6.45, 7) is 9.52. The molecule has 17 heteroatoms. The van der Waals surface area contributed by atoms with Gasteiger partial charge in [-0.15, -0.1) is 62.0 Å². The summed E-state index contributed by atoms with van der Waals surface area (Å²) in [7, 11) is 3.47. The zero-order valence-corrected chi connectivity index (χ0v) is 37.7. The maximum Gasteiger partial charge on any atom is 0.407 e. The second-order valence-electron chi connectivity index (χ2n) is 14.7. The van der Waals surface area contributed by atoms with Crippen molar-refractivity contribution in [3.8, 4) is 46.1 Å². The SMILES string of the molecule is COC(=O)N[C@H](C(=O)N1CCCC1c1ncc(-c2ccc(C#CC#Cc3cnc(C4CCCN4)[nH]3)c(-c3ccc(N4CCN(C)CC4)cc3)c2)[nH]1)C(C)C.Cl.Cl.Cl.Cl.Cl. The highest BCUT2D eigenvalue weighted by Gasteiger charge is 2.37. The molecule has 59 heavy (non-hydrogen) atoms. The average Bonchev–Trinajstić information content (AvgIpc) is 4.03. The van der Waals surface area contributed by atoms with Crippen LogP contribution in [0, 0.1) is 29.6 Å². The minimum absolute atomic E-state index is 0. The predicted octanol–water partition coefficient (Wildman–Crippen LogP) is 7.20. The molecule has 4 N–H and O–H groups in total. The molecule has 5 heterocycles. The molecule has 0 aliphatic carbocycles. The van der Waals surface area contributed by atoms with Crippen LogP contribution < -0.4 is 15.5 Å². The molecular weight excluding hydrogens is 856 g/mol. The predicted molar refractivity (Wildman–Crippen MR) is 246 cm³/mol. The van der Waals surface area contributed by atoms with Gasteiger partial charge in [-0.1, -0.05) is 38.0 Å². The monoisotopic (exact) mass is 907 g/mol. The third kappa shape index (κ3) is 12.2. The molecule has 2 amide bonds. The summed E-state index contributed by atoms with van der Waals surface area (Å²) < 4.78 is 4.79. The molecular formula is C42H54Cl5N9O3. The van der Waals surface area contributed by atoms with Crippen molar-refractivity contribution in [3.05, 3.63) is 77.8 Å². The van der Waals surface area contributed by atoms with Crippen LogP contribution in [-0.2, 0) is 9.53 Å². The van der Waals surface area contributed by atoms with E-state index in [4.69, 9.17) is 9.72 Å². The van der Waals surface area contributed by atoms with Crippen LogP contribution in [0.3, 0.4) is 0 Å². The number of hydrogen-bond donors (Lipinski definition) is 4. The Kier molecular flexibility index (Phi) is 20.4. The first-order valence-electron chi connectivity index (χ1n) is 19.0. The number of ether oxygens (including phenoxy) is 1. The summed E-state index contributed by atoms with van der Waals surface area (Å²) in [5, 5.41) is 6.18. The molecule has 3 aliphatic heterocycles. The molecule has 320 valence electrons. The number of nitrogens with zero attached hydrogens (tertiary/aromatic N) is 5. The largest absolute Gasteiger partial charge is 0.453 e. The Morgan fingerprint density at radius 2 is 1.53 bits per heavy atom. The van der Waals surface area contributed by atoms with E-state index < -0.39 is 12.1 Å². The summed E-state index contributed by atoms with van der Waals surface area (Å²) in [5.41, 5.74) is 6.68. The molecule has 3 saturated heterocycles. The van der Waals surface area contributed by atoms with Gasteiger partial charge in [-0.25, -0.2) is 14.8 Å². The van der Waals surface area contributed by atoms with Crippen molar-refractivity contribution in [3.63, 3.8) is 0 Å². The molecule has 3 atom stereocenters. The second kappa shape index (κ2) is 23.6. The van der Waals surface area contributed by atoms with E-state index in [1.54, 1.807) is 6.20 Å². The Morgan fingerprint density at radius 1 is 0.831 bits per heavy atom. The number of aromatic amines is 2. The van der Waals surface area contributed by atoms with E-state index in [2.05, 4.69) is 96.4 Å². The molecule has 2 unspecified atom stereocenters. The summed E-state index contributed by atoms with van der Waals surface area (Å²) in [4.78, 5) is 48.5. The smallest absolute Gasteiger partial charge is 0.407 e. The number of likely N-dealkylation sites (tertiary alicyclic amines) is 1. The fourth-order valence-corrected chi connectivity index (χ4v) is 7.51. The van der Waals surface area contributed by atoms with Gasteiger partial charge in [0.15, 0.2) is 0 Å². The van der Waals surface area contributed by atoms with E-state index >= 15 is 0 Å². The zero-order chi connectivity index (χ0) is 37.6. The Morgan fingerprint density at radius 3 is 2.20 bits per heavy atom. The standard InChI is InChI=1S/C42H49N9O3.5ClH/c1-28(2)38(48-42(53)54-4)41(52)51-20-8-12-37(51)40-45-27-36(47-40)31-14-13-29(9-5-6-10-32-26-44-39(46-32)35-11-7-19-43-35)34(25-31)30-15-17-33(18-16-30)50-23-21-49(3)22-24-50;;;;;/h13-18,25-28,35,37-38,43H,7-8,11-12,19-24H2,1-4H3,(H,44,46)(H,45,47)(H,48,53);5*1H/t35?,37?,38-;;;;;/m0...../s1. The van der Waals surface area contributed by atoms with Crippen LogP contribution in [0.25, 0.3) is 22.4 Å². The summed E-state index contributed by atoms with van der Waals surface area (Å²) in [6.07, 6.45) is 6.83. The number of hydrogen-bond acceptors (Lipinski definition) is 8. The minimum atomic E-state index is -0.692. The third-order valence-corrected chi connectivity index (χ3v) is 10.7. The molecule has 7 rings (SSSR count). The van der Waals surface area contributed by atoms with E-state index in [0.717, 1.165) is 104 Å². The number of H-pyrrole nitrogens is 2. The van der Waals surface area contributed by atoms with Crippen LogP contribution in [0.5, 0.6) is 0 Å². The Hall–Kier alpha value is -4.11. The lowest BCUT2D eigenvalue weighted by Crippen LogP contribution is -2.51. The molecule has 0 spiro atoms. The average molecular weight is 910 g/mol. The molecule has 4 aromatic rings. The van der Waals surface area contributed by atoms with Gasteiger partial charge in [-0.05, 0) is 98.3 Å². The van der Waals surface area contributed by atoms with Crippen molar-refractivity contribution in [1.82, 2.24) is 40.4 Å². The molecule has 0 bridgehead atoms. The molecule has 12 nitrogen and oxygen atoms in total. The summed E-state index contributed by atoms with van der Waals surface area (Å²) in [5.74, 6) is 13.9. The third-order valence-electron chi connectivity index (χ3n) is 10.7. The van der Waals surface area contributed by atoms with Crippen LogP contribution in [-0.4, -0.2) is 101 Å². The molecule has 0 saturated carbocycles. The van der Waals surface area contributed by atoms with Crippen LogP contribution in [0.15, 0.2) is 54.9 Å². The first kappa shape index (κ1) is 51.0. The van der Waals surface area contributed by atoms with Gasteiger partial charge < -0.3 is 40.0 Å². The quantitative estimate of drug-likeness (QED) is 0.137. The normalized spacial score (nSPS) is 17.6. The number of anilines is 1. The highest BCUT2D eigenvalue weighted by Crippen LogP contribution is 2.35. The number of imidazole rings is 2. The van der Waals surface area contributed by atoms with Crippen molar-refractivity contribution < 1.29 is 14.3 Å². The number of amides is 2. The van der Waals surface area contributed by atoms with Crippen molar-refractivity contribution in [2.75, 3.05) is 58.3 Å². The minimum Gasteiger partial charge on any atom is -0.453 e. The Labute approximate surface area is 378 Å². The van der Waals surface area contributed by atoms with Gasteiger partial charge in [0, 0.05) is 49.5 Å². The number of rotatable bonds is 8. The first-order chi connectivity index (χ1) is 26.3. The number of alkyl carbamates (subject to hydrolysis) is 1. The van der Waals surface area contributed by atoms with Crippen LogP contribution in [0.1, 0.15) is 74.5 Å². The fraction of sp³-hybridized carbons (Fsp3) is 0.429. The number of likely N-dealkylation sites (N-methyl/N-ethyl adjacent to an activating group) is 1. The van der Waals surface area contributed by atoms with Gasteiger partial charge in [0.1, 0.15) is 23.4 Å². The van der Waals surface area contributed by atoms with Gasteiger partial charge in [0.05, 0.1) is 37.3 Å². The Bertz CT molecular complexity index is 2090. The number of benzene rings is 2. The van der Waals surface area contributed by atoms with E-state index in [1.165, 1.54) is 12.8 Å². The van der Waals surface area contributed by atoms with E-state index in [9.17, 15) is 9.59 Å². The highest BCUT2D eigenvalue weighted by molar-refractivity contribution is 5.87. The van der Waals surface area contributed by atoms with Crippen LogP contribution >= 0.6 is 62.0 Å². The van der Waals surface area contributed by atoms with Crippen LogP contribution in [0.4, 0.5) is 10.5 Å². The number of aromatic nitrogens is 4. The topological polar surface area (TPSA) is 135 Å². The van der Waals surface area contributed by atoms with Crippen LogP contribution in [0.2, 0.25) is 0 Å². The summed E-state index contributed by atoms with van der Waals surface area (Å²) >= 11 is 0. The van der Waals surface area contributed by atoms with Gasteiger partial charge in [-0.2, -0.15) is 0 Å². The maximum atomic E-state index is 13.7. The number of piperazine rings is 1. The molecule has 0 radical (unpaired) electrons. The molecule has 2 aromatic heterocycles. The van der Waals surface area contributed by atoms with Gasteiger partial charge in [0.25, 0.3) is 0 Å². The lowest BCUT2D eigenvalue weighted by Gasteiger charge is -2.34. The fourth-order valence-electron chi connectivity index (χ4n) is 7.51. The second-order valence-corrected chi connectivity index (χ2v) is 14.7. The number of carbonyl (C=O) groups is 2. The van der Waals surface area contributed by atoms with E-state index in [-0.39, 0.29) is 85.9 Å². The number of halogens is 5. The lowest BCUT2D eigenvalue weighted by atomic mass is 9.96. The van der Waals surface area contributed by atoms with E-state index in [1.807, 2.05) is 37.1 Å². The number of nitrogens with one attached hydrogen (secondary N) is 4. The molecule has 2 aromatic carbocycles. The Balaban J connectivity index is 0.00000240. The first-order valence-corrected chi connectivity index (χ1v) is 19.0. The number of methoxy groups -OCH3 is 1.